The van der Waals surface area contributed by atoms with Gasteiger partial charge in [0.2, 0.25) is 0 Å². The Morgan fingerprint density at radius 2 is 1.65 bits per heavy atom. The fourth-order valence-electron chi connectivity index (χ4n) is 3.18. The SMILES string of the molecule is CCn1c(C(Sc2ccccc2)c2ccccc2)nc2ccc(Cl)cc21. The minimum atomic E-state index is 0.115. The Labute approximate surface area is 162 Å². The van der Waals surface area contributed by atoms with Crippen LogP contribution in [0, 0.1) is 0 Å². The number of benzene rings is 3. The second-order valence-electron chi connectivity index (χ2n) is 6.07. The number of aromatic nitrogens is 2. The summed E-state index contributed by atoms with van der Waals surface area (Å²) >= 11 is 8.06. The van der Waals surface area contributed by atoms with Crippen molar-refractivity contribution in [1.29, 1.82) is 0 Å². The Morgan fingerprint density at radius 3 is 2.35 bits per heavy atom. The first-order chi connectivity index (χ1) is 12.8. The van der Waals surface area contributed by atoms with E-state index in [1.807, 2.05) is 36.0 Å². The molecule has 1 aromatic heterocycles. The van der Waals surface area contributed by atoms with E-state index in [0.29, 0.717) is 0 Å². The van der Waals surface area contributed by atoms with Crippen LogP contribution >= 0.6 is 23.4 Å². The summed E-state index contributed by atoms with van der Waals surface area (Å²) in [5.74, 6) is 1.06. The zero-order valence-electron chi connectivity index (χ0n) is 14.5. The highest BCUT2D eigenvalue weighted by Crippen LogP contribution is 2.41. The summed E-state index contributed by atoms with van der Waals surface area (Å²) < 4.78 is 2.27. The lowest BCUT2D eigenvalue weighted by atomic mass is 10.1. The molecule has 4 aromatic rings. The zero-order valence-corrected chi connectivity index (χ0v) is 16.0. The van der Waals surface area contributed by atoms with Crippen LogP contribution in [-0.4, -0.2) is 9.55 Å². The molecule has 0 N–H and O–H groups in total. The number of hydrogen-bond acceptors (Lipinski definition) is 2. The van der Waals surface area contributed by atoms with E-state index in [4.69, 9.17) is 16.6 Å². The molecule has 0 bridgehead atoms. The lowest BCUT2D eigenvalue weighted by Crippen LogP contribution is -2.07. The number of rotatable bonds is 5. The van der Waals surface area contributed by atoms with Gasteiger partial charge >= 0.3 is 0 Å². The van der Waals surface area contributed by atoms with Crippen molar-refractivity contribution in [2.75, 3.05) is 0 Å². The Bertz CT molecular complexity index is 1010. The summed E-state index contributed by atoms with van der Waals surface area (Å²) in [4.78, 5) is 6.21. The average molecular weight is 379 g/mol. The molecule has 4 heteroatoms. The standard InChI is InChI=1S/C22H19ClN2S/c1-2-25-20-15-17(23)13-14-19(20)24-22(25)21(16-9-5-3-6-10-16)26-18-11-7-4-8-12-18/h3-15,21H,2H2,1H3. The number of imidazole rings is 1. The van der Waals surface area contributed by atoms with Gasteiger partial charge in [0.15, 0.2) is 0 Å². The number of halogens is 1. The summed E-state index contributed by atoms with van der Waals surface area (Å²) in [6.45, 7) is 3.01. The summed E-state index contributed by atoms with van der Waals surface area (Å²) in [6.07, 6.45) is 0. The highest BCUT2D eigenvalue weighted by molar-refractivity contribution is 7.99. The van der Waals surface area contributed by atoms with Crippen molar-refractivity contribution >= 4 is 34.4 Å². The van der Waals surface area contributed by atoms with Crippen LogP contribution in [0.2, 0.25) is 5.02 Å². The van der Waals surface area contributed by atoms with E-state index >= 15 is 0 Å². The number of thioether (sulfide) groups is 1. The molecule has 0 amide bonds. The molecule has 0 aliphatic carbocycles. The topological polar surface area (TPSA) is 17.8 Å². The Kier molecular flexibility index (Phi) is 5.00. The maximum Gasteiger partial charge on any atom is 0.127 e. The molecular formula is C22H19ClN2S. The minimum Gasteiger partial charge on any atom is -0.327 e. The van der Waals surface area contributed by atoms with Crippen molar-refractivity contribution in [3.63, 3.8) is 0 Å². The number of nitrogens with zero attached hydrogens (tertiary/aromatic N) is 2. The summed E-state index contributed by atoms with van der Waals surface area (Å²) in [6, 6.07) is 27.0. The van der Waals surface area contributed by atoms with Crippen molar-refractivity contribution in [2.45, 2.75) is 23.6 Å². The van der Waals surface area contributed by atoms with Crippen LogP contribution in [0.25, 0.3) is 11.0 Å². The summed E-state index contributed by atoms with van der Waals surface area (Å²) in [7, 11) is 0. The number of fused-ring (bicyclic) bond motifs is 1. The van der Waals surface area contributed by atoms with E-state index in [1.165, 1.54) is 10.5 Å². The molecule has 0 spiro atoms. The van der Waals surface area contributed by atoms with Gasteiger partial charge in [-0.1, -0.05) is 60.1 Å². The lowest BCUT2D eigenvalue weighted by Gasteiger charge is -2.18. The summed E-state index contributed by atoms with van der Waals surface area (Å²) in [5, 5.41) is 0.857. The van der Waals surface area contributed by atoms with Gasteiger partial charge < -0.3 is 4.57 Å². The largest absolute Gasteiger partial charge is 0.327 e. The third kappa shape index (κ3) is 3.37. The molecule has 0 saturated carbocycles. The van der Waals surface area contributed by atoms with Crippen molar-refractivity contribution in [1.82, 2.24) is 9.55 Å². The van der Waals surface area contributed by atoms with Gasteiger partial charge in [0.1, 0.15) is 5.82 Å². The molecule has 3 aromatic carbocycles. The van der Waals surface area contributed by atoms with E-state index < -0.39 is 0 Å². The van der Waals surface area contributed by atoms with E-state index in [-0.39, 0.29) is 5.25 Å². The zero-order chi connectivity index (χ0) is 17.9. The van der Waals surface area contributed by atoms with Gasteiger partial charge in [-0.25, -0.2) is 4.98 Å². The van der Waals surface area contributed by atoms with Crippen molar-refractivity contribution in [2.24, 2.45) is 0 Å². The van der Waals surface area contributed by atoms with Gasteiger partial charge in [0.25, 0.3) is 0 Å². The molecule has 0 radical (unpaired) electrons. The minimum absolute atomic E-state index is 0.115. The highest BCUT2D eigenvalue weighted by Gasteiger charge is 2.23. The van der Waals surface area contributed by atoms with Gasteiger partial charge in [-0.15, -0.1) is 11.8 Å². The van der Waals surface area contributed by atoms with E-state index in [1.54, 1.807) is 0 Å². The van der Waals surface area contributed by atoms with Crippen molar-refractivity contribution in [3.8, 4) is 0 Å². The average Bonchev–Trinajstić information content (AvgIpc) is 3.05. The molecule has 4 rings (SSSR count). The molecule has 130 valence electrons. The molecule has 0 fully saturated rings. The first-order valence-electron chi connectivity index (χ1n) is 8.68. The van der Waals surface area contributed by atoms with Crippen LogP contribution in [0.15, 0.2) is 83.8 Å². The van der Waals surface area contributed by atoms with Crippen LogP contribution < -0.4 is 0 Å². The van der Waals surface area contributed by atoms with Crippen LogP contribution in [0.3, 0.4) is 0 Å². The van der Waals surface area contributed by atoms with Gasteiger partial charge in [0, 0.05) is 16.5 Å². The van der Waals surface area contributed by atoms with E-state index in [9.17, 15) is 0 Å². The fourth-order valence-corrected chi connectivity index (χ4v) is 4.51. The van der Waals surface area contributed by atoms with Crippen molar-refractivity contribution in [3.05, 3.63) is 95.3 Å². The van der Waals surface area contributed by atoms with Crippen LogP contribution in [0.1, 0.15) is 23.6 Å². The van der Waals surface area contributed by atoms with Crippen molar-refractivity contribution < 1.29 is 0 Å². The van der Waals surface area contributed by atoms with Crippen LogP contribution in [-0.2, 0) is 6.54 Å². The molecule has 0 saturated heterocycles. The monoisotopic (exact) mass is 378 g/mol. The molecule has 1 heterocycles. The Hall–Kier alpha value is -2.23. The first-order valence-corrected chi connectivity index (χ1v) is 9.94. The molecule has 26 heavy (non-hydrogen) atoms. The van der Waals surface area contributed by atoms with Crippen LogP contribution in [0.5, 0.6) is 0 Å². The third-order valence-corrected chi connectivity index (χ3v) is 5.89. The maximum absolute atomic E-state index is 6.24. The van der Waals surface area contributed by atoms with Gasteiger partial charge in [0.05, 0.1) is 16.3 Å². The second-order valence-corrected chi connectivity index (χ2v) is 7.68. The number of aryl methyl sites for hydroxylation is 1. The Balaban J connectivity index is 1.87. The Morgan fingerprint density at radius 1 is 0.962 bits per heavy atom. The highest BCUT2D eigenvalue weighted by atomic mass is 35.5. The third-order valence-electron chi connectivity index (χ3n) is 4.39. The molecule has 1 atom stereocenters. The lowest BCUT2D eigenvalue weighted by molar-refractivity contribution is 0.729. The molecule has 2 nitrogen and oxygen atoms in total. The normalized spacial score (nSPS) is 12.4. The van der Waals surface area contributed by atoms with Crippen LogP contribution in [0.4, 0.5) is 0 Å². The predicted molar refractivity (Wildman–Crippen MR) is 111 cm³/mol. The van der Waals surface area contributed by atoms with Gasteiger partial charge in [-0.05, 0) is 42.8 Å². The second kappa shape index (κ2) is 7.56. The molecular weight excluding hydrogens is 360 g/mol. The molecule has 1 unspecified atom stereocenters. The summed E-state index contributed by atoms with van der Waals surface area (Å²) in [5.41, 5.74) is 3.32. The molecule has 0 aliphatic rings. The van der Waals surface area contributed by atoms with E-state index in [2.05, 4.69) is 66.1 Å². The smallest absolute Gasteiger partial charge is 0.127 e. The quantitative estimate of drug-likeness (QED) is 0.364. The maximum atomic E-state index is 6.24. The fraction of sp³-hybridized carbons (Fsp3) is 0.136. The first kappa shape index (κ1) is 17.2. The van der Waals surface area contributed by atoms with E-state index in [0.717, 1.165) is 28.4 Å². The predicted octanol–water partition coefficient (Wildman–Crippen LogP) is 6.59. The van der Waals surface area contributed by atoms with Gasteiger partial charge in [-0.2, -0.15) is 0 Å². The number of hydrogen-bond donors (Lipinski definition) is 0. The van der Waals surface area contributed by atoms with Gasteiger partial charge in [-0.3, -0.25) is 0 Å². The molecule has 0 aliphatic heterocycles.